The van der Waals surface area contributed by atoms with Crippen molar-refractivity contribution >= 4 is 45.5 Å². The van der Waals surface area contributed by atoms with Gasteiger partial charge in [0.1, 0.15) is 0 Å². The number of benzene rings is 1. The Bertz CT molecular complexity index is 585. The summed E-state index contributed by atoms with van der Waals surface area (Å²) in [4.78, 5) is 0. The van der Waals surface area contributed by atoms with E-state index in [0.717, 1.165) is 0 Å². The predicted octanol–water partition coefficient (Wildman–Crippen LogP) is 3.44. The summed E-state index contributed by atoms with van der Waals surface area (Å²) in [5.74, 6) is 0. The molecular weight excluding hydrogens is 409 g/mol. The maximum absolute atomic E-state index is 2.60. The first kappa shape index (κ1) is 11.1. The van der Waals surface area contributed by atoms with Crippen LogP contribution in [0.2, 0.25) is 0 Å². The van der Waals surface area contributed by atoms with Gasteiger partial charge < -0.3 is 0 Å². The van der Waals surface area contributed by atoms with E-state index in [0.29, 0.717) is 0 Å². The van der Waals surface area contributed by atoms with Crippen molar-refractivity contribution in [1.29, 1.82) is 0 Å². The van der Waals surface area contributed by atoms with E-state index >= 15 is 0 Å². The Balaban J connectivity index is 2.13. The van der Waals surface area contributed by atoms with Crippen molar-refractivity contribution in [2.45, 2.75) is 25.7 Å². The Labute approximate surface area is 120 Å². The quantitative estimate of drug-likeness (QED) is 0.561. The van der Waals surface area contributed by atoms with Gasteiger partial charge in [-0.2, -0.15) is 0 Å². The van der Waals surface area contributed by atoms with Gasteiger partial charge in [0.05, 0.1) is 0 Å². The van der Waals surface area contributed by atoms with Gasteiger partial charge in [0.25, 0.3) is 0 Å². The molecule has 1 heterocycles. The van der Waals surface area contributed by atoms with Crippen LogP contribution >= 0.6 is 0 Å². The molecule has 1 aromatic carbocycles. The normalized spacial score (nSPS) is 18.0. The van der Waals surface area contributed by atoms with Crippen LogP contribution in [0.3, 0.4) is 0 Å². The molecule has 0 bridgehead atoms. The van der Waals surface area contributed by atoms with Gasteiger partial charge in [-0.05, 0) is 0 Å². The number of fused-ring (bicyclic) bond motifs is 6. The van der Waals surface area contributed by atoms with E-state index in [2.05, 4.69) is 37.6 Å². The Morgan fingerprint density at radius 1 is 0.722 bits per heavy atom. The first-order chi connectivity index (χ1) is 8.95. The van der Waals surface area contributed by atoms with Crippen molar-refractivity contribution in [1.82, 2.24) is 0 Å². The topological polar surface area (TPSA) is 0 Å². The average Bonchev–Trinajstić information content (AvgIpc) is 2.48. The van der Waals surface area contributed by atoms with Crippen LogP contribution in [-0.4, -0.2) is 27.3 Å². The van der Waals surface area contributed by atoms with E-state index in [1.165, 1.54) is 36.8 Å². The van der Waals surface area contributed by atoms with Crippen LogP contribution in [0.1, 0.15) is 46.2 Å². The minimum absolute atomic E-state index is 0.717. The number of allylic oxidation sites excluding steroid dienone is 2. The van der Waals surface area contributed by atoms with Crippen molar-refractivity contribution in [2.75, 3.05) is 0 Å². The number of hydrogen-bond donors (Lipinski definition) is 0. The van der Waals surface area contributed by atoms with Gasteiger partial charge in [-0.15, -0.1) is 0 Å². The molecule has 0 nitrogen and oxygen atoms in total. The van der Waals surface area contributed by atoms with Crippen LogP contribution in [0, 0.1) is 0 Å². The summed E-state index contributed by atoms with van der Waals surface area (Å²) >= 11 is -0.717. The van der Waals surface area contributed by atoms with Gasteiger partial charge in [-0.25, -0.2) is 0 Å². The molecule has 0 fully saturated rings. The van der Waals surface area contributed by atoms with Crippen LogP contribution < -0.4 is 0 Å². The minimum atomic E-state index is -0.717. The molecule has 0 aromatic heterocycles. The number of rotatable bonds is 0. The zero-order valence-electron chi connectivity index (χ0n) is 10.4. The van der Waals surface area contributed by atoms with E-state index in [1.54, 1.807) is 22.3 Å². The monoisotopic (exact) mass is 424 g/mol. The Hall–Kier alpha value is -0.768. The average molecular weight is 424 g/mol. The first-order valence-electron chi connectivity index (χ1n) is 6.84. The molecule has 1 aromatic rings. The van der Waals surface area contributed by atoms with Crippen LogP contribution in [0.5, 0.6) is 0 Å². The van der Waals surface area contributed by atoms with Gasteiger partial charge in [0, 0.05) is 0 Å². The molecule has 0 atom stereocenters. The van der Waals surface area contributed by atoms with Gasteiger partial charge in [-0.1, -0.05) is 0 Å². The Morgan fingerprint density at radius 2 is 1.39 bits per heavy atom. The molecule has 0 radical (unpaired) electrons. The zero-order chi connectivity index (χ0) is 11.9. The molecule has 0 unspecified atom stereocenters. The van der Waals surface area contributed by atoms with Crippen LogP contribution in [0.15, 0.2) is 15.8 Å². The van der Waals surface area contributed by atoms with E-state index in [9.17, 15) is 0 Å². The summed E-state index contributed by atoms with van der Waals surface area (Å²) in [6.45, 7) is 0. The van der Waals surface area contributed by atoms with Crippen molar-refractivity contribution in [2.24, 2.45) is 0 Å². The summed E-state index contributed by atoms with van der Waals surface area (Å²) in [6.07, 6.45) is 16.8. The molecule has 0 amide bonds. The second-order valence-corrected chi connectivity index (χ2v) is 9.50. The van der Waals surface area contributed by atoms with Gasteiger partial charge in [0.15, 0.2) is 0 Å². The summed E-state index contributed by atoms with van der Waals surface area (Å²) < 4.78 is 5.09. The molecule has 3 aliphatic rings. The predicted molar refractivity (Wildman–Crippen MR) is 81.1 cm³/mol. The molecule has 4 rings (SSSR count). The Kier molecular flexibility index (Phi) is 2.72. The van der Waals surface area contributed by atoms with Crippen LogP contribution in [0.25, 0.3) is 18.2 Å². The zero-order valence-corrected chi connectivity index (χ0v) is 14.9. The molecule has 2 aliphatic carbocycles. The second-order valence-electron chi connectivity index (χ2n) is 5.21. The van der Waals surface area contributed by atoms with Crippen LogP contribution in [0.4, 0.5) is 0 Å². The third-order valence-electron chi connectivity index (χ3n) is 4.21. The summed E-state index contributed by atoms with van der Waals surface area (Å²) in [5, 5.41) is 0. The SMILES string of the molecule is C1=Cc2c3c(c4c(c2CC1)CCC=C4)[CH]=[Tl][CH]=C3. The fourth-order valence-electron chi connectivity index (χ4n) is 3.41. The van der Waals surface area contributed by atoms with Gasteiger partial charge >= 0.3 is 120 Å². The van der Waals surface area contributed by atoms with Gasteiger partial charge in [0.2, 0.25) is 0 Å². The Morgan fingerprint density at radius 3 is 2.11 bits per heavy atom. The molecule has 0 saturated heterocycles. The first-order valence-corrected chi connectivity index (χ1v) is 12.0. The van der Waals surface area contributed by atoms with E-state index in [1.807, 2.05) is 0 Å². The third-order valence-corrected chi connectivity index (χ3v) is 7.87. The fourth-order valence-corrected chi connectivity index (χ4v) is 7.17. The second kappa shape index (κ2) is 4.41. The molecular formula is C17H15Tl. The fraction of sp³-hybridized carbons (Fsp3) is 0.235. The maximum atomic E-state index is 2.60. The molecule has 0 saturated carbocycles. The van der Waals surface area contributed by atoms with Crippen LogP contribution in [-0.2, 0) is 12.8 Å². The van der Waals surface area contributed by atoms with Crippen molar-refractivity contribution in [3.63, 3.8) is 0 Å². The van der Waals surface area contributed by atoms with Crippen molar-refractivity contribution in [3.8, 4) is 0 Å². The standard InChI is InChI=1S/C17H15.Tl/c1-3-13-12(2)14-8-4-5-10-16(14)17-11-7-6-9-15(13)17;/h1-4,6,8-9H,5,7,10-11H2;. The summed E-state index contributed by atoms with van der Waals surface area (Å²) in [5.41, 5.74) is 9.48. The van der Waals surface area contributed by atoms with Gasteiger partial charge in [-0.3, -0.25) is 0 Å². The van der Waals surface area contributed by atoms with Crippen molar-refractivity contribution < 1.29 is 0 Å². The molecule has 1 aliphatic heterocycles. The molecule has 1 heteroatoms. The molecule has 18 heavy (non-hydrogen) atoms. The third kappa shape index (κ3) is 1.58. The summed E-state index contributed by atoms with van der Waals surface area (Å²) in [7, 11) is 0. The molecule has 0 spiro atoms. The van der Waals surface area contributed by atoms with Crippen molar-refractivity contribution in [3.05, 3.63) is 49.2 Å². The van der Waals surface area contributed by atoms with E-state index < -0.39 is 23.7 Å². The molecule has 86 valence electrons. The molecule has 0 N–H and O–H groups in total. The van der Waals surface area contributed by atoms with E-state index in [-0.39, 0.29) is 0 Å². The van der Waals surface area contributed by atoms with E-state index in [4.69, 9.17) is 0 Å². The summed E-state index contributed by atoms with van der Waals surface area (Å²) in [6, 6.07) is 0. The number of hydrogen-bond acceptors (Lipinski definition) is 0.